The lowest BCUT2D eigenvalue weighted by molar-refractivity contribution is 0.470. The van der Waals surface area contributed by atoms with Crippen molar-refractivity contribution in [3.8, 4) is 5.75 Å². The van der Waals surface area contributed by atoms with Crippen LogP contribution in [0.3, 0.4) is 0 Å². The van der Waals surface area contributed by atoms with Crippen LogP contribution in [0.15, 0.2) is 18.2 Å². The number of nitrogens with zero attached hydrogens (tertiary/aromatic N) is 1. The standard InChI is InChI=1S/C12H17NO/c1-2-8-13-9-4-6-10-5-3-7-11(14)12(10)13/h3,5,7,14H,2,4,6,8-9H2,1H3. The smallest absolute Gasteiger partial charge is 0.139 e. The third-order valence-electron chi connectivity index (χ3n) is 2.78. The third kappa shape index (κ3) is 1.57. The SMILES string of the molecule is CCCN1CCCc2cccc(O)c21. The van der Waals surface area contributed by atoms with Gasteiger partial charge in [0.15, 0.2) is 0 Å². The number of aryl methyl sites for hydroxylation is 1. The van der Waals surface area contributed by atoms with Crippen molar-refractivity contribution in [3.05, 3.63) is 23.8 Å². The molecule has 1 aromatic rings. The summed E-state index contributed by atoms with van der Waals surface area (Å²) in [6.07, 6.45) is 3.44. The highest BCUT2D eigenvalue weighted by molar-refractivity contribution is 5.64. The Labute approximate surface area is 85.2 Å². The molecule has 0 radical (unpaired) electrons. The van der Waals surface area contributed by atoms with Crippen molar-refractivity contribution in [2.24, 2.45) is 0 Å². The molecule has 0 spiro atoms. The van der Waals surface area contributed by atoms with Crippen molar-refractivity contribution in [1.82, 2.24) is 0 Å². The maximum atomic E-state index is 9.81. The average molecular weight is 191 g/mol. The minimum atomic E-state index is 0.440. The van der Waals surface area contributed by atoms with Gasteiger partial charge in [-0.2, -0.15) is 0 Å². The maximum Gasteiger partial charge on any atom is 0.139 e. The number of phenolic OH excluding ortho intramolecular Hbond substituents is 1. The molecule has 0 fully saturated rings. The molecule has 0 amide bonds. The second-order valence-electron chi connectivity index (χ2n) is 3.88. The van der Waals surface area contributed by atoms with Crippen LogP contribution < -0.4 is 4.90 Å². The molecule has 1 aromatic carbocycles. The molecule has 0 aromatic heterocycles. The van der Waals surface area contributed by atoms with Crippen LogP contribution in [0, 0.1) is 0 Å². The average Bonchev–Trinajstić information content (AvgIpc) is 2.19. The van der Waals surface area contributed by atoms with Crippen molar-refractivity contribution in [2.75, 3.05) is 18.0 Å². The first-order valence-electron chi connectivity index (χ1n) is 5.38. The molecule has 1 N–H and O–H groups in total. The van der Waals surface area contributed by atoms with E-state index in [4.69, 9.17) is 0 Å². The molecule has 0 atom stereocenters. The van der Waals surface area contributed by atoms with Crippen molar-refractivity contribution in [1.29, 1.82) is 0 Å². The Morgan fingerprint density at radius 1 is 1.43 bits per heavy atom. The van der Waals surface area contributed by atoms with Crippen LogP contribution in [-0.4, -0.2) is 18.2 Å². The molecule has 2 heteroatoms. The maximum absolute atomic E-state index is 9.81. The number of anilines is 1. The van der Waals surface area contributed by atoms with E-state index in [1.165, 1.54) is 12.0 Å². The monoisotopic (exact) mass is 191 g/mol. The Kier molecular flexibility index (Phi) is 2.62. The van der Waals surface area contributed by atoms with Gasteiger partial charge in [0.05, 0.1) is 5.69 Å². The van der Waals surface area contributed by atoms with Gasteiger partial charge in [0.25, 0.3) is 0 Å². The molecule has 1 aliphatic heterocycles. The molecule has 2 nitrogen and oxygen atoms in total. The van der Waals surface area contributed by atoms with Crippen LogP contribution in [0.2, 0.25) is 0 Å². The molecule has 0 aliphatic carbocycles. The summed E-state index contributed by atoms with van der Waals surface area (Å²) >= 11 is 0. The van der Waals surface area contributed by atoms with Crippen LogP contribution in [0.1, 0.15) is 25.3 Å². The lowest BCUT2D eigenvalue weighted by atomic mass is 10.0. The minimum Gasteiger partial charge on any atom is -0.506 e. The first-order chi connectivity index (χ1) is 6.83. The third-order valence-corrected chi connectivity index (χ3v) is 2.78. The topological polar surface area (TPSA) is 23.5 Å². The zero-order valence-electron chi connectivity index (χ0n) is 8.66. The van der Waals surface area contributed by atoms with Crippen molar-refractivity contribution in [2.45, 2.75) is 26.2 Å². The number of fused-ring (bicyclic) bond motifs is 1. The highest BCUT2D eigenvalue weighted by Crippen LogP contribution is 2.35. The molecule has 14 heavy (non-hydrogen) atoms. The Balaban J connectivity index is 2.36. The van der Waals surface area contributed by atoms with Gasteiger partial charge in [0.1, 0.15) is 5.75 Å². The van der Waals surface area contributed by atoms with Gasteiger partial charge in [-0.1, -0.05) is 19.1 Å². The van der Waals surface area contributed by atoms with Gasteiger partial charge in [0.2, 0.25) is 0 Å². The first kappa shape index (κ1) is 9.38. The van der Waals surface area contributed by atoms with E-state index in [0.29, 0.717) is 5.75 Å². The molecule has 2 rings (SSSR count). The zero-order valence-corrected chi connectivity index (χ0v) is 8.66. The fourth-order valence-corrected chi connectivity index (χ4v) is 2.21. The van der Waals surface area contributed by atoms with Gasteiger partial charge in [-0.05, 0) is 30.9 Å². The predicted molar refractivity (Wildman–Crippen MR) is 58.9 cm³/mol. The highest BCUT2D eigenvalue weighted by Gasteiger charge is 2.18. The first-order valence-corrected chi connectivity index (χ1v) is 5.38. The Hall–Kier alpha value is -1.18. The quantitative estimate of drug-likeness (QED) is 0.776. The van der Waals surface area contributed by atoms with Gasteiger partial charge in [-0.3, -0.25) is 0 Å². The van der Waals surface area contributed by atoms with E-state index in [0.717, 1.165) is 31.6 Å². The van der Waals surface area contributed by atoms with Gasteiger partial charge in [0, 0.05) is 13.1 Å². The highest BCUT2D eigenvalue weighted by atomic mass is 16.3. The molecular weight excluding hydrogens is 174 g/mol. The molecule has 0 saturated heterocycles. The van der Waals surface area contributed by atoms with Crippen molar-refractivity contribution >= 4 is 5.69 Å². The fraction of sp³-hybridized carbons (Fsp3) is 0.500. The summed E-state index contributed by atoms with van der Waals surface area (Å²) in [7, 11) is 0. The lowest BCUT2D eigenvalue weighted by Crippen LogP contribution is -2.29. The molecule has 1 heterocycles. The number of rotatable bonds is 2. The number of aromatic hydroxyl groups is 1. The van der Waals surface area contributed by atoms with E-state index < -0.39 is 0 Å². The van der Waals surface area contributed by atoms with E-state index in [2.05, 4.69) is 17.9 Å². The summed E-state index contributed by atoms with van der Waals surface area (Å²) in [5.74, 6) is 0.440. The summed E-state index contributed by atoms with van der Waals surface area (Å²) in [5.41, 5.74) is 2.37. The predicted octanol–water partition coefficient (Wildman–Crippen LogP) is 2.55. The summed E-state index contributed by atoms with van der Waals surface area (Å²) < 4.78 is 0. The number of benzene rings is 1. The van der Waals surface area contributed by atoms with Crippen LogP contribution in [0.25, 0.3) is 0 Å². The second-order valence-corrected chi connectivity index (χ2v) is 3.88. The van der Waals surface area contributed by atoms with E-state index >= 15 is 0 Å². The number of hydrogen-bond donors (Lipinski definition) is 1. The Bertz CT molecular complexity index is 322. The van der Waals surface area contributed by atoms with E-state index in [-0.39, 0.29) is 0 Å². The lowest BCUT2D eigenvalue weighted by Gasteiger charge is -2.31. The van der Waals surface area contributed by atoms with Gasteiger partial charge >= 0.3 is 0 Å². The second kappa shape index (κ2) is 3.91. The molecule has 76 valence electrons. The van der Waals surface area contributed by atoms with Crippen LogP contribution in [-0.2, 0) is 6.42 Å². The number of phenols is 1. The Morgan fingerprint density at radius 2 is 2.29 bits per heavy atom. The zero-order chi connectivity index (χ0) is 9.97. The molecule has 0 bridgehead atoms. The molecular formula is C12H17NO. The van der Waals surface area contributed by atoms with E-state index in [9.17, 15) is 5.11 Å². The van der Waals surface area contributed by atoms with Gasteiger partial charge < -0.3 is 10.0 Å². The van der Waals surface area contributed by atoms with Crippen LogP contribution in [0.4, 0.5) is 5.69 Å². The summed E-state index contributed by atoms with van der Waals surface area (Å²) in [6, 6.07) is 5.84. The normalized spacial score (nSPS) is 15.4. The molecule has 0 unspecified atom stereocenters. The Morgan fingerprint density at radius 3 is 3.07 bits per heavy atom. The largest absolute Gasteiger partial charge is 0.506 e. The molecule has 1 aliphatic rings. The van der Waals surface area contributed by atoms with Crippen LogP contribution in [0.5, 0.6) is 5.75 Å². The van der Waals surface area contributed by atoms with Gasteiger partial charge in [-0.25, -0.2) is 0 Å². The molecule has 0 saturated carbocycles. The minimum absolute atomic E-state index is 0.440. The van der Waals surface area contributed by atoms with E-state index in [1.807, 2.05) is 6.07 Å². The van der Waals surface area contributed by atoms with Crippen molar-refractivity contribution < 1.29 is 5.11 Å². The summed E-state index contributed by atoms with van der Waals surface area (Å²) in [5, 5.41) is 9.81. The van der Waals surface area contributed by atoms with Crippen LogP contribution >= 0.6 is 0 Å². The van der Waals surface area contributed by atoms with Gasteiger partial charge in [-0.15, -0.1) is 0 Å². The number of hydrogen-bond acceptors (Lipinski definition) is 2. The number of para-hydroxylation sites is 1. The van der Waals surface area contributed by atoms with Crippen molar-refractivity contribution in [3.63, 3.8) is 0 Å². The summed E-state index contributed by atoms with van der Waals surface area (Å²) in [4.78, 5) is 2.30. The van der Waals surface area contributed by atoms with E-state index in [1.54, 1.807) is 6.07 Å². The summed E-state index contributed by atoms with van der Waals surface area (Å²) in [6.45, 7) is 4.30. The fourth-order valence-electron chi connectivity index (χ4n) is 2.21.